The Kier molecular flexibility index (Phi) is 8.66. The van der Waals surface area contributed by atoms with Gasteiger partial charge in [0.15, 0.2) is 5.78 Å². The van der Waals surface area contributed by atoms with E-state index in [1.807, 2.05) is 0 Å². The van der Waals surface area contributed by atoms with Gasteiger partial charge in [-0.25, -0.2) is 4.39 Å². The molecule has 170 valence electrons. The van der Waals surface area contributed by atoms with Crippen molar-refractivity contribution >= 4 is 5.78 Å². The Hall–Kier alpha value is -1.92. The Bertz CT molecular complexity index is 790. The number of hydrogen-bond donors (Lipinski definition) is 1. The molecule has 0 saturated heterocycles. The van der Waals surface area contributed by atoms with Crippen LogP contribution in [0, 0.1) is 24.2 Å². The number of halogens is 1. The van der Waals surface area contributed by atoms with Gasteiger partial charge in [0.1, 0.15) is 11.8 Å². The number of rotatable bonds is 6. The first kappa shape index (κ1) is 25.3. The highest BCUT2D eigenvalue weighted by molar-refractivity contribution is 5.86. The van der Waals surface area contributed by atoms with Crippen LogP contribution in [0.3, 0.4) is 0 Å². The molecule has 2 saturated carbocycles. The van der Waals surface area contributed by atoms with E-state index in [0.717, 1.165) is 44.1 Å². The van der Waals surface area contributed by atoms with Crippen molar-refractivity contribution in [2.24, 2.45) is 11.3 Å². The van der Waals surface area contributed by atoms with Crippen molar-refractivity contribution in [1.29, 1.82) is 0 Å². The molecule has 3 atom stereocenters. The van der Waals surface area contributed by atoms with Crippen LogP contribution in [0.25, 0.3) is 0 Å². The van der Waals surface area contributed by atoms with Crippen LogP contribution in [-0.4, -0.2) is 22.7 Å². The molecule has 0 aromatic carbocycles. The van der Waals surface area contributed by atoms with Crippen molar-refractivity contribution < 1.29 is 14.3 Å². The van der Waals surface area contributed by atoms with Crippen LogP contribution in [0.1, 0.15) is 85.0 Å². The lowest BCUT2D eigenvalue weighted by molar-refractivity contribution is -0.134. The molecule has 31 heavy (non-hydrogen) atoms. The normalized spacial score (nSPS) is 31.1. The summed E-state index contributed by atoms with van der Waals surface area (Å²) in [6.45, 7) is 9.49. The summed E-state index contributed by atoms with van der Waals surface area (Å²) in [5.74, 6) is 0.443. The molecule has 0 aromatic heterocycles. The number of Topliss-reactive ketones (excluding diaryl/α,β-unsaturated/α-hetero) is 1. The molecule has 0 heterocycles. The summed E-state index contributed by atoms with van der Waals surface area (Å²) in [6, 6.07) is 0. The molecule has 0 bridgehead atoms. The zero-order chi connectivity index (χ0) is 23.2. The number of carbonyl (C=O) groups is 1. The predicted molar refractivity (Wildman–Crippen MR) is 127 cm³/mol. The fraction of sp³-hybridized carbons (Fsp3) is 0.607. The Morgan fingerprint density at radius 3 is 2.71 bits per heavy atom. The summed E-state index contributed by atoms with van der Waals surface area (Å²) in [5.41, 5.74) is 3.67. The third-order valence-electron chi connectivity index (χ3n) is 7.44. The maximum absolute atomic E-state index is 14.0. The predicted octanol–water partition coefficient (Wildman–Crippen LogP) is 6.81. The minimum absolute atomic E-state index is 0.0764. The van der Waals surface area contributed by atoms with Crippen molar-refractivity contribution in [3.63, 3.8) is 0 Å². The molecule has 1 unspecified atom stereocenters. The number of alkyl halides is 1. The lowest BCUT2D eigenvalue weighted by Crippen LogP contribution is -2.32. The molecule has 0 spiro atoms. The van der Waals surface area contributed by atoms with Crippen molar-refractivity contribution in [3.05, 3.63) is 47.1 Å². The Morgan fingerprint density at radius 1 is 1.32 bits per heavy atom. The maximum Gasteiger partial charge on any atom is 0.163 e. The Labute approximate surface area is 188 Å². The Morgan fingerprint density at radius 2 is 2.03 bits per heavy atom. The second kappa shape index (κ2) is 10.6. The molecule has 2 fully saturated rings. The number of allylic oxidation sites excluding steroid dienone is 7. The number of aliphatic hydroxyl groups is 1. The van der Waals surface area contributed by atoms with E-state index in [9.17, 15) is 14.3 Å². The van der Waals surface area contributed by atoms with E-state index in [1.54, 1.807) is 13.8 Å². The molecule has 0 aliphatic heterocycles. The number of hydrogen-bond acceptors (Lipinski definition) is 2. The van der Waals surface area contributed by atoms with Gasteiger partial charge in [-0.3, -0.25) is 4.79 Å². The monoisotopic (exact) mass is 426 g/mol. The second-order valence-electron chi connectivity index (χ2n) is 9.94. The van der Waals surface area contributed by atoms with Crippen molar-refractivity contribution in [2.75, 3.05) is 0 Å². The highest BCUT2D eigenvalue weighted by Crippen LogP contribution is 2.55. The molecule has 3 rings (SSSR count). The molecule has 0 amide bonds. The largest absolute Gasteiger partial charge is 0.383 e. The van der Waals surface area contributed by atoms with E-state index >= 15 is 0 Å². The number of carbonyl (C=O) groups excluding carboxylic acids is 1. The van der Waals surface area contributed by atoms with Crippen LogP contribution in [0.5, 0.6) is 0 Å². The van der Waals surface area contributed by atoms with Gasteiger partial charge in [0.25, 0.3) is 0 Å². The van der Waals surface area contributed by atoms with E-state index < -0.39 is 11.8 Å². The smallest absolute Gasteiger partial charge is 0.163 e. The standard InChI is InChI=1S/C26H37FO2.C2H2/c1-18-19(8-5-11-23(18)27)13-14-20-9-7-17-26(4)21(15-16-22(20)26)10-6-12-24(28)25(2,3)29;1-2/h13-15,22-23,29H,1,5-12,16-17H2,2-4H3;1-2H/b19-13-,20-14+;/t22?,23-,26+;/m0./s1. The zero-order valence-corrected chi connectivity index (χ0v) is 19.6. The lowest BCUT2D eigenvalue weighted by Gasteiger charge is -2.41. The van der Waals surface area contributed by atoms with Crippen LogP contribution >= 0.6 is 0 Å². The first-order chi connectivity index (χ1) is 14.6. The van der Waals surface area contributed by atoms with Crippen molar-refractivity contribution in [1.82, 2.24) is 0 Å². The Balaban J connectivity index is 0.00000166. The topological polar surface area (TPSA) is 37.3 Å². The van der Waals surface area contributed by atoms with Gasteiger partial charge >= 0.3 is 0 Å². The van der Waals surface area contributed by atoms with Crippen molar-refractivity contribution in [3.8, 4) is 12.8 Å². The quantitative estimate of drug-likeness (QED) is 0.374. The van der Waals surface area contributed by atoms with E-state index in [4.69, 9.17) is 0 Å². The molecule has 3 aliphatic carbocycles. The van der Waals surface area contributed by atoms with Gasteiger partial charge in [-0.1, -0.05) is 42.9 Å². The van der Waals surface area contributed by atoms with Crippen LogP contribution in [0.15, 0.2) is 47.1 Å². The molecule has 0 aromatic rings. The summed E-state index contributed by atoms with van der Waals surface area (Å²) in [6.07, 6.45) is 23.1. The van der Waals surface area contributed by atoms with Gasteiger partial charge in [0.2, 0.25) is 0 Å². The summed E-state index contributed by atoms with van der Waals surface area (Å²) in [7, 11) is 0. The van der Waals surface area contributed by atoms with Gasteiger partial charge < -0.3 is 5.11 Å². The van der Waals surface area contributed by atoms with Gasteiger partial charge in [0.05, 0.1) is 0 Å². The highest BCUT2D eigenvalue weighted by Gasteiger charge is 2.44. The second-order valence-corrected chi connectivity index (χ2v) is 9.94. The van der Waals surface area contributed by atoms with Crippen LogP contribution < -0.4 is 0 Å². The van der Waals surface area contributed by atoms with Crippen molar-refractivity contribution in [2.45, 2.75) is 96.8 Å². The van der Waals surface area contributed by atoms with Crippen LogP contribution in [0.4, 0.5) is 4.39 Å². The van der Waals surface area contributed by atoms with E-state index in [2.05, 4.69) is 44.6 Å². The van der Waals surface area contributed by atoms with E-state index in [0.29, 0.717) is 24.3 Å². The lowest BCUT2D eigenvalue weighted by atomic mass is 9.63. The molecule has 0 radical (unpaired) electrons. The van der Waals surface area contributed by atoms with Gasteiger partial charge in [-0.15, -0.1) is 12.8 Å². The van der Waals surface area contributed by atoms with Crippen LogP contribution in [-0.2, 0) is 4.79 Å². The fourth-order valence-electron chi connectivity index (χ4n) is 5.44. The molecule has 3 heteroatoms. The summed E-state index contributed by atoms with van der Waals surface area (Å²) >= 11 is 0. The summed E-state index contributed by atoms with van der Waals surface area (Å²) in [5, 5.41) is 9.85. The summed E-state index contributed by atoms with van der Waals surface area (Å²) < 4.78 is 14.0. The summed E-state index contributed by atoms with van der Waals surface area (Å²) in [4.78, 5) is 12.0. The molecule has 2 nitrogen and oxygen atoms in total. The average Bonchev–Trinajstić information content (AvgIpc) is 3.06. The van der Waals surface area contributed by atoms with Crippen LogP contribution in [0.2, 0.25) is 0 Å². The number of fused-ring (bicyclic) bond motifs is 1. The highest BCUT2D eigenvalue weighted by atomic mass is 19.1. The van der Waals surface area contributed by atoms with Gasteiger partial charge in [-0.2, -0.15) is 0 Å². The third kappa shape index (κ3) is 5.86. The maximum atomic E-state index is 14.0. The molecule has 1 N–H and O–H groups in total. The minimum atomic E-state index is -1.23. The molecule has 3 aliphatic rings. The van der Waals surface area contributed by atoms with Gasteiger partial charge in [-0.05, 0) is 94.1 Å². The van der Waals surface area contributed by atoms with Gasteiger partial charge in [0, 0.05) is 6.42 Å². The molecular weight excluding hydrogens is 387 g/mol. The first-order valence-corrected chi connectivity index (χ1v) is 11.6. The SMILES string of the molecule is C#C.C=C1/C(=C\C=C2/CCC[C@]3(C)C(CCCC(=O)C(C)(C)O)=CCC23)CCC[C@@H]1F. The third-order valence-corrected chi connectivity index (χ3v) is 7.44. The fourth-order valence-corrected chi connectivity index (χ4v) is 5.44. The first-order valence-electron chi connectivity index (χ1n) is 11.6. The zero-order valence-electron chi connectivity index (χ0n) is 19.6. The number of ketones is 1. The minimum Gasteiger partial charge on any atom is -0.383 e. The van der Waals surface area contributed by atoms with E-state index in [-0.39, 0.29) is 11.2 Å². The average molecular weight is 427 g/mol. The molecular formula is C28H39FO2. The number of terminal acetylenes is 1. The van der Waals surface area contributed by atoms with E-state index in [1.165, 1.54) is 24.0 Å².